The third-order valence-corrected chi connectivity index (χ3v) is 2.34. The minimum absolute atomic E-state index is 0.362. The average molecular weight is 203 g/mol. The van der Waals surface area contributed by atoms with Gasteiger partial charge in [-0.3, -0.25) is 0 Å². The summed E-state index contributed by atoms with van der Waals surface area (Å²) in [5, 5.41) is 4.68. The summed E-state index contributed by atoms with van der Waals surface area (Å²) < 4.78 is 1.43. The van der Waals surface area contributed by atoms with Crippen LogP contribution < -0.4 is 0 Å². The van der Waals surface area contributed by atoms with Crippen molar-refractivity contribution in [2.75, 3.05) is 0 Å². The summed E-state index contributed by atoms with van der Waals surface area (Å²) >= 11 is 11.7. The second-order valence-corrected chi connectivity index (χ2v) is 3.01. The van der Waals surface area contributed by atoms with E-state index >= 15 is 0 Å². The summed E-state index contributed by atoms with van der Waals surface area (Å²) in [5.74, 6) is 0.413. The zero-order chi connectivity index (χ0) is 8.72. The van der Waals surface area contributed by atoms with Crippen LogP contribution >= 0.6 is 23.2 Å². The van der Waals surface area contributed by atoms with Gasteiger partial charge in [0.2, 0.25) is 0 Å². The van der Waals surface area contributed by atoms with Gasteiger partial charge >= 0.3 is 0 Å². The number of halogens is 2. The lowest BCUT2D eigenvalue weighted by molar-refractivity contribution is 0.928. The van der Waals surface area contributed by atoms with Gasteiger partial charge in [-0.2, -0.15) is 19.6 Å². The molecule has 0 amide bonds. The van der Waals surface area contributed by atoms with Gasteiger partial charge in [0.15, 0.2) is 0 Å². The maximum Gasteiger partial charge on any atom is 0.254 e. The van der Waals surface area contributed by atoms with Crippen molar-refractivity contribution in [2.45, 2.75) is 6.92 Å². The van der Waals surface area contributed by atoms with Crippen LogP contribution in [0.3, 0.4) is 0 Å². The highest BCUT2D eigenvalue weighted by atomic mass is 35.5. The number of nitrogens with zero attached hydrogens (tertiary/aromatic N) is 4. The largest absolute Gasteiger partial charge is 0.254 e. The van der Waals surface area contributed by atoms with Crippen LogP contribution in [-0.4, -0.2) is 19.6 Å². The van der Waals surface area contributed by atoms with Crippen molar-refractivity contribution >= 4 is 29.0 Å². The molecule has 0 fully saturated rings. The first-order valence-corrected chi connectivity index (χ1v) is 3.97. The minimum atomic E-state index is 0.362. The van der Waals surface area contributed by atoms with E-state index in [-0.39, 0.29) is 0 Å². The molecule has 6 heteroatoms. The monoisotopic (exact) mass is 202 g/mol. The van der Waals surface area contributed by atoms with Crippen LogP contribution in [0.4, 0.5) is 0 Å². The molecule has 0 aliphatic carbocycles. The zero-order valence-corrected chi connectivity index (χ0v) is 7.63. The maximum absolute atomic E-state index is 5.91. The molecule has 2 heterocycles. The van der Waals surface area contributed by atoms with E-state index in [0.29, 0.717) is 21.6 Å². The van der Waals surface area contributed by atoms with Gasteiger partial charge in [0, 0.05) is 5.56 Å². The Balaban J connectivity index is 2.94. The molecule has 0 bridgehead atoms. The van der Waals surface area contributed by atoms with E-state index in [9.17, 15) is 0 Å². The first-order valence-electron chi connectivity index (χ1n) is 3.21. The van der Waals surface area contributed by atoms with Crippen LogP contribution in [0.5, 0.6) is 0 Å². The van der Waals surface area contributed by atoms with Crippen LogP contribution in [0.15, 0.2) is 6.33 Å². The average Bonchev–Trinajstić information content (AvgIpc) is 2.48. The van der Waals surface area contributed by atoms with Gasteiger partial charge in [0.05, 0.1) is 0 Å². The lowest BCUT2D eigenvalue weighted by atomic mass is 10.4. The van der Waals surface area contributed by atoms with E-state index in [2.05, 4.69) is 15.1 Å². The molecule has 62 valence electrons. The Hall–Kier alpha value is -0.870. The molecule has 2 rings (SSSR count). The number of hydrogen-bond acceptors (Lipinski definition) is 3. The van der Waals surface area contributed by atoms with Crippen LogP contribution in [0.25, 0.3) is 5.78 Å². The molecule has 0 aliphatic heterocycles. The minimum Gasteiger partial charge on any atom is -0.199 e. The van der Waals surface area contributed by atoms with E-state index in [1.807, 2.05) is 0 Å². The smallest absolute Gasteiger partial charge is 0.199 e. The normalized spacial score (nSPS) is 10.9. The molecule has 0 aliphatic rings. The third kappa shape index (κ3) is 0.956. The molecule has 0 saturated carbocycles. The molecule has 0 spiro atoms. The van der Waals surface area contributed by atoms with E-state index in [4.69, 9.17) is 23.2 Å². The quantitative estimate of drug-likeness (QED) is 0.612. The Morgan fingerprint density at radius 2 is 2.17 bits per heavy atom. The Morgan fingerprint density at radius 1 is 1.42 bits per heavy atom. The van der Waals surface area contributed by atoms with Crippen molar-refractivity contribution in [2.24, 2.45) is 0 Å². The predicted octanol–water partition coefficient (Wildman–Crippen LogP) is 1.74. The molecular weight excluding hydrogens is 199 g/mol. The molecule has 2 aromatic rings. The second kappa shape index (κ2) is 2.57. The Morgan fingerprint density at radius 3 is 2.92 bits per heavy atom. The summed E-state index contributed by atoms with van der Waals surface area (Å²) in [5.41, 5.74) is 0.705. The van der Waals surface area contributed by atoms with Gasteiger partial charge in [-0.15, -0.1) is 0 Å². The number of hydrogen-bond donors (Lipinski definition) is 0. The molecule has 2 aromatic heterocycles. The van der Waals surface area contributed by atoms with Crippen molar-refractivity contribution in [1.82, 2.24) is 19.6 Å². The van der Waals surface area contributed by atoms with Crippen LogP contribution in [0.1, 0.15) is 5.56 Å². The fraction of sp³-hybridized carbons (Fsp3) is 0.167. The van der Waals surface area contributed by atoms with Gasteiger partial charge < -0.3 is 0 Å². The molecule has 0 aromatic carbocycles. The van der Waals surface area contributed by atoms with Crippen LogP contribution in [0, 0.1) is 6.92 Å². The van der Waals surface area contributed by atoms with Gasteiger partial charge in [-0.05, 0) is 6.92 Å². The molecule has 0 atom stereocenters. The highest BCUT2D eigenvalue weighted by molar-refractivity contribution is 6.34. The van der Waals surface area contributed by atoms with Crippen molar-refractivity contribution in [3.63, 3.8) is 0 Å². The van der Waals surface area contributed by atoms with Crippen LogP contribution in [-0.2, 0) is 0 Å². The summed E-state index contributed by atoms with van der Waals surface area (Å²) in [6, 6.07) is 0. The lowest BCUT2D eigenvalue weighted by Gasteiger charge is -2.00. The summed E-state index contributed by atoms with van der Waals surface area (Å²) in [6.45, 7) is 1.78. The van der Waals surface area contributed by atoms with Crippen LogP contribution in [0.2, 0.25) is 10.3 Å². The number of fused-ring (bicyclic) bond motifs is 1. The van der Waals surface area contributed by atoms with E-state index in [0.717, 1.165) is 0 Å². The lowest BCUT2D eigenvalue weighted by Crippen LogP contribution is -1.96. The predicted molar refractivity (Wildman–Crippen MR) is 45.5 cm³/mol. The Kier molecular flexibility index (Phi) is 1.66. The van der Waals surface area contributed by atoms with Gasteiger partial charge in [-0.1, -0.05) is 23.2 Å². The van der Waals surface area contributed by atoms with Crippen molar-refractivity contribution < 1.29 is 0 Å². The van der Waals surface area contributed by atoms with Gasteiger partial charge in [0.1, 0.15) is 16.6 Å². The van der Waals surface area contributed by atoms with E-state index < -0.39 is 0 Å². The first kappa shape index (κ1) is 7.76. The summed E-state index contributed by atoms with van der Waals surface area (Å²) in [7, 11) is 0. The topological polar surface area (TPSA) is 43.1 Å². The zero-order valence-electron chi connectivity index (χ0n) is 6.12. The molecule has 0 N–H and O–H groups in total. The fourth-order valence-corrected chi connectivity index (χ4v) is 1.29. The SMILES string of the molecule is Cc1c(Cl)nc2ncnn2c1Cl. The van der Waals surface area contributed by atoms with Gasteiger partial charge in [0.25, 0.3) is 5.78 Å². The molecular formula is C6H4Cl2N4. The molecule has 0 saturated heterocycles. The summed E-state index contributed by atoms with van der Waals surface area (Å²) in [4.78, 5) is 7.82. The van der Waals surface area contributed by atoms with E-state index in [1.165, 1.54) is 10.8 Å². The fourth-order valence-electron chi connectivity index (χ4n) is 0.866. The summed E-state index contributed by atoms with van der Waals surface area (Å²) in [6.07, 6.45) is 1.38. The number of rotatable bonds is 0. The molecule has 0 radical (unpaired) electrons. The number of aromatic nitrogens is 4. The molecule has 4 nitrogen and oxygen atoms in total. The second-order valence-electron chi connectivity index (χ2n) is 2.29. The first-order chi connectivity index (χ1) is 5.70. The maximum atomic E-state index is 5.91. The Labute approximate surface area is 78.1 Å². The molecule has 0 unspecified atom stereocenters. The standard InChI is InChI=1S/C6H4Cl2N4/c1-3-4(7)11-6-9-2-10-12(6)5(3)8/h2H,1H3. The van der Waals surface area contributed by atoms with Gasteiger partial charge in [-0.25, -0.2) is 0 Å². The molecule has 12 heavy (non-hydrogen) atoms. The highest BCUT2D eigenvalue weighted by Gasteiger charge is 2.08. The Bertz CT molecular complexity index is 436. The highest BCUT2D eigenvalue weighted by Crippen LogP contribution is 2.21. The third-order valence-electron chi connectivity index (χ3n) is 1.53. The van der Waals surface area contributed by atoms with Crippen molar-refractivity contribution in [1.29, 1.82) is 0 Å². The van der Waals surface area contributed by atoms with Crippen molar-refractivity contribution in [3.05, 3.63) is 22.2 Å². The van der Waals surface area contributed by atoms with E-state index in [1.54, 1.807) is 6.92 Å². The van der Waals surface area contributed by atoms with Crippen molar-refractivity contribution in [3.8, 4) is 0 Å².